The van der Waals surface area contributed by atoms with Gasteiger partial charge < -0.3 is 10.2 Å². The molecular formula is C27H38ClN3O4S. The van der Waals surface area contributed by atoms with Gasteiger partial charge in [0.05, 0.1) is 11.9 Å². The van der Waals surface area contributed by atoms with Gasteiger partial charge in [-0.2, -0.15) is 0 Å². The van der Waals surface area contributed by atoms with Crippen LogP contribution < -0.4 is 9.62 Å². The Bertz CT molecular complexity index is 1140. The molecule has 0 fully saturated rings. The van der Waals surface area contributed by atoms with Gasteiger partial charge >= 0.3 is 0 Å². The van der Waals surface area contributed by atoms with E-state index < -0.39 is 28.5 Å². The molecule has 0 aromatic heterocycles. The number of hydrogen-bond donors (Lipinski definition) is 1. The first kappa shape index (κ1) is 29.6. The summed E-state index contributed by atoms with van der Waals surface area (Å²) in [5, 5.41) is 3.39. The lowest BCUT2D eigenvalue weighted by Crippen LogP contribution is -2.52. The van der Waals surface area contributed by atoms with Gasteiger partial charge in [0.2, 0.25) is 21.8 Å². The standard InChI is InChI=1S/C27H38ClN3O4S/c1-6-8-17-29-27(33)24(7-2)30(18-21-13-9-11-15-23(21)28)26(32)19-31(36(5,34)35)25-16-12-10-14-22(25)20(3)4/h9-16,20,24H,6-8,17-19H2,1-5H3,(H,29,33)/t24-/m0/s1. The maximum atomic E-state index is 13.8. The van der Waals surface area contributed by atoms with E-state index in [9.17, 15) is 18.0 Å². The Hall–Kier alpha value is -2.58. The van der Waals surface area contributed by atoms with Gasteiger partial charge in [0.15, 0.2) is 0 Å². The molecular weight excluding hydrogens is 498 g/mol. The molecule has 0 aliphatic rings. The molecule has 198 valence electrons. The molecule has 1 N–H and O–H groups in total. The van der Waals surface area contributed by atoms with E-state index in [4.69, 9.17) is 11.6 Å². The van der Waals surface area contributed by atoms with Crippen molar-refractivity contribution >= 4 is 39.1 Å². The van der Waals surface area contributed by atoms with Crippen molar-refractivity contribution < 1.29 is 18.0 Å². The molecule has 36 heavy (non-hydrogen) atoms. The van der Waals surface area contributed by atoms with E-state index in [2.05, 4.69) is 5.32 Å². The molecule has 2 aromatic rings. The smallest absolute Gasteiger partial charge is 0.244 e. The summed E-state index contributed by atoms with van der Waals surface area (Å²) in [6.07, 6.45) is 3.21. The Morgan fingerprint density at radius 1 is 1.03 bits per heavy atom. The Morgan fingerprint density at radius 3 is 2.25 bits per heavy atom. The molecule has 0 aliphatic carbocycles. The lowest BCUT2D eigenvalue weighted by atomic mass is 10.0. The maximum absolute atomic E-state index is 13.8. The predicted octanol–water partition coefficient (Wildman–Crippen LogP) is 4.95. The molecule has 2 rings (SSSR count). The third kappa shape index (κ3) is 7.96. The summed E-state index contributed by atoms with van der Waals surface area (Å²) in [5.74, 6) is -0.691. The first-order valence-corrected chi connectivity index (χ1v) is 14.6. The number of sulfonamides is 1. The molecule has 0 unspecified atom stereocenters. The van der Waals surface area contributed by atoms with Gasteiger partial charge in [-0.05, 0) is 42.0 Å². The van der Waals surface area contributed by atoms with Crippen LogP contribution in [-0.2, 0) is 26.2 Å². The highest BCUT2D eigenvalue weighted by Gasteiger charge is 2.32. The molecule has 1 atom stereocenters. The van der Waals surface area contributed by atoms with Crippen LogP contribution in [0.15, 0.2) is 48.5 Å². The molecule has 7 nitrogen and oxygen atoms in total. The normalized spacial score (nSPS) is 12.3. The minimum Gasteiger partial charge on any atom is -0.354 e. The first-order chi connectivity index (χ1) is 17.0. The van der Waals surface area contributed by atoms with E-state index in [0.29, 0.717) is 29.2 Å². The van der Waals surface area contributed by atoms with Crippen LogP contribution in [0.25, 0.3) is 0 Å². The minimum atomic E-state index is -3.79. The molecule has 0 saturated heterocycles. The SMILES string of the molecule is CCCCNC(=O)[C@H](CC)N(Cc1ccccc1Cl)C(=O)CN(c1ccccc1C(C)C)S(C)(=O)=O. The Morgan fingerprint density at radius 2 is 1.67 bits per heavy atom. The fourth-order valence-corrected chi connectivity index (χ4v) is 5.10. The van der Waals surface area contributed by atoms with Crippen LogP contribution in [0, 0.1) is 0 Å². The number of carbonyl (C=O) groups excluding carboxylic acids is 2. The number of nitrogens with zero attached hydrogens (tertiary/aromatic N) is 2. The second-order valence-corrected chi connectivity index (χ2v) is 11.5. The average molecular weight is 536 g/mol. The highest BCUT2D eigenvalue weighted by atomic mass is 35.5. The van der Waals surface area contributed by atoms with Crippen molar-refractivity contribution in [3.05, 3.63) is 64.7 Å². The van der Waals surface area contributed by atoms with Gasteiger partial charge in [0, 0.05) is 18.1 Å². The van der Waals surface area contributed by atoms with Gasteiger partial charge in [-0.15, -0.1) is 0 Å². The summed E-state index contributed by atoms with van der Waals surface area (Å²) >= 11 is 6.39. The summed E-state index contributed by atoms with van der Waals surface area (Å²) in [4.78, 5) is 28.3. The zero-order valence-electron chi connectivity index (χ0n) is 21.8. The summed E-state index contributed by atoms with van der Waals surface area (Å²) < 4.78 is 26.9. The van der Waals surface area contributed by atoms with Crippen molar-refractivity contribution in [2.75, 3.05) is 23.7 Å². The zero-order valence-corrected chi connectivity index (χ0v) is 23.4. The fraction of sp³-hybridized carbons (Fsp3) is 0.481. The predicted molar refractivity (Wildman–Crippen MR) is 147 cm³/mol. The Balaban J connectivity index is 2.48. The highest BCUT2D eigenvalue weighted by molar-refractivity contribution is 7.92. The zero-order chi connectivity index (χ0) is 26.9. The van der Waals surface area contributed by atoms with Crippen LogP contribution in [0.1, 0.15) is 64.0 Å². The number of para-hydroxylation sites is 1. The van der Waals surface area contributed by atoms with Crippen LogP contribution in [0.4, 0.5) is 5.69 Å². The van der Waals surface area contributed by atoms with Gasteiger partial charge in [0.25, 0.3) is 0 Å². The van der Waals surface area contributed by atoms with Crippen molar-refractivity contribution in [3.63, 3.8) is 0 Å². The number of anilines is 1. The van der Waals surface area contributed by atoms with Crippen LogP contribution in [0.5, 0.6) is 0 Å². The van der Waals surface area contributed by atoms with E-state index in [1.807, 2.05) is 45.9 Å². The minimum absolute atomic E-state index is 0.0486. The second kappa shape index (κ2) is 13.7. The van der Waals surface area contributed by atoms with Crippen LogP contribution in [0.3, 0.4) is 0 Å². The summed E-state index contributed by atoms with van der Waals surface area (Å²) in [6.45, 7) is 7.98. The van der Waals surface area contributed by atoms with Gasteiger partial charge in [0.1, 0.15) is 12.6 Å². The Kier molecular flexibility index (Phi) is 11.2. The lowest BCUT2D eigenvalue weighted by molar-refractivity contribution is -0.140. The molecule has 0 heterocycles. The van der Waals surface area contributed by atoms with Crippen molar-refractivity contribution in [2.45, 2.75) is 65.5 Å². The number of nitrogens with one attached hydrogen (secondary N) is 1. The van der Waals surface area contributed by atoms with Crippen LogP contribution >= 0.6 is 11.6 Å². The van der Waals surface area contributed by atoms with E-state index in [-0.39, 0.29) is 18.4 Å². The molecule has 0 bridgehead atoms. The first-order valence-electron chi connectivity index (χ1n) is 12.4. The molecule has 0 aliphatic heterocycles. The third-order valence-corrected chi connectivity index (χ3v) is 7.52. The third-order valence-electron chi connectivity index (χ3n) is 6.02. The number of rotatable bonds is 13. The molecule has 9 heteroatoms. The topological polar surface area (TPSA) is 86.8 Å². The fourth-order valence-electron chi connectivity index (χ4n) is 4.03. The summed E-state index contributed by atoms with van der Waals surface area (Å²) in [5.41, 5.74) is 1.96. The number of amides is 2. The highest BCUT2D eigenvalue weighted by Crippen LogP contribution is 2.29. The second-order valence-electron chi connectivity index (χ2n) is 9.16. The molecule has 0 spiro atoms. The van der Waals surface area contributed by atoms with E-state index in [0.717, 1.165) is 29.0 Å². The largest absolute Gasteiger partial charge is 0.354 e. The number of hydrogen-bond acceptors (Lipinski definition) is 4. The number of halogens is 1. The van der Waals surface area contributed by atoms with Crippen molar-refractivity contribution in [1.82, 2.24) is 10.2 Å². The summed E-state index contributed by atoms with van der Waals surface area (Å²) in [6, 6.07) is 13.5. The van der Waals surface area contributed by atoms with Gasteiger partial charge in [-0.25, -0.2) is 8.42 Å². The summed E-state index contributed by atoms with van der Waals surface area (Å²) in [7, 11) is -3.79. The number of carbonyl (C=O) groups is 2. The van der Waals surface area contributed by atoms with Crippen LogP contribution in [0.2, 0.25) is 5.02 Å². The molecule has 0 saturated carbocycles. The van der Waals surface area contributed by atoms with Crippen LogP contribution in [-0.4, -0.2) is 50.5 Å². The van der Waals surface area contributed by atoms with Crippen molar-refractivity contribution in [2.24, 2.45) is 0 Å². The van der Waals surface area contributed by atoms with Gasteiger partial charge in [-0.3, -0.25) is 13.9 Å². The lowest BCUT2D eigenvalue weighted by Gasteiger charge is -2.33. The van der Waals surface area contributed by atoms with Gasteiger partial charge in [-0.1, -0.05) is 82.1 Å². The molecule has 2 aromatic carbocycles. The maximum Gasteiger partial charge on any atom is 0.244 e. The monoisotopic (exact) mass is 535 g/mol. The number of unbranched alkanes of at least 4 members (excludes halogenated alkanes) is 1. The Labute approximate surface area is 220 Å². The number of benzene rings is 2. The quantitative estimate of drug-likeness (QED) is 0.367. The molecule has 0 radical (unpaired) electrons. The van der Waals surface area contributed by atoms with E-state index in [1.165, 1.54) is 4.90 Å². The average Bonchev–Trinajstić information content (AvgIpc) is 2.82. The van der Waals surface area contributed by atoms with Crippen molar-refractivity contribution in [1.29, 1.82) is 0 Å². The van der Waals surface area contributed by atoms with Crippen molar-refractivity contribution in [3.8, 4) is 0 Å². The van der Waals surface area contributed by atoms with E-state index >= 15 is 0 Å². The molecule has 2 amide bonds. The van der Waals surface area contributed by atoms with E-state index in [1.54, 1.807) is 30.3 Å².